The van der Waals surface area contributed by atoms with Crippen molar-refractivity contribution in [3.8, 4) is 5.75 Å². The third-order valence-corrected chi connectivity index (χ3v) is 9.30. The maximum atomic E-state index is 14.4. The van der Waals surface area contributed by atoms with Crippen molar-refractivity contribution in [2.24, 2.45) is 0 Å². The van der Waals surface area contributed by atoms with Crippen LogP contribution in [0.3, 0.4) is 0 Å². The summed E-state index contributed by atoms with van der Waals surface area (Å²) in [6.07, 6.45) is 0.901. The van der Waals surface area contributed by atoms with E-state index in [0.717, 1.165) is 27.6 Å². The molecule has 45 heavy (non-hydrogen) atoms. The van der Waals surface area contributed by atoms with Gasteiger partial charge in [0.25, 0.3) is 10.0 Å². The highest BCUT2D eigenvalue weighted by atomic mass is 32.2. The fourth-order valence-electron chi connectivity index (χ4n) is 4.79. The molecule has 10 heteroatoms. The number of nitrogens with one attached hydrogen (secondary N) is 1. The van der Waals surface area contributed by atoms with Gasteiger partial charge in [-0.25, -0.2) is 12.8 Å². The Kier molecular flexibility index (Phi) is 11.3. The third-order valence-electron chi connectivity index (χ3n) is 7.51. The predicted molar refractivity (Wildman–Crippen MR) is 173 cm³/mol. The molecule has 0 saturated heterocycles. The minimum absolute atomic E-state index is 0.0605. The van der Waals surface area contributed by atoms with Crippen molar-refractivity contribution in [3.05, 3.63) is 126 Å². The number of benzene rings is 4. The van der Waals surface area contributed by atoms with Crippen molar-refractivity contribution < 1.29 is 27.1 Å². The minimum Gasteiger partial charge on any atom is -0.497 e. The normalized spacial score (nSPS) is 12.5. The molecule has 4 aromatic carbocycles. The molecular formula is C35H38FN3O5S. The molecule has 1 N–H and O–H groups in total. The molecule has 8 nitrogen and oxygen atoms in total. The SMILES string of the molecule is CC[C@H](C)NC(=O)[C@@H](Cc1ccccc1)N(Cc1ccccc1)C(=O)CN(c1ccc(F)cc1)S(=O)(=O)c1ccc(OC)cc1. The van der Waals surface area contributed by atoms with Crippen LogP contribution in [0.1, 0.15) is 31.4 Å². The summed E-state index contributed by atoms with van der Waals surface area (Å²) in [5.74, 6) is -1.03. The molecule has 236 valence electrons. The third kappa shape index (κ3) is 8.69. The molecule has 4 aromatic rings. The van der Waals surface area contributed by atoms with E-state index in [1.807, 2.05) is 74.5 Å². The van der Waals surface area contributed by atoms with Crippen LogP contribution in [0.4, 0.5) is 10.1 Å². The molecule has 0 aliphatic carbocycles. The van der Waals surface area contributed by atoms with E-state index in [-0.39, 0.29) is 35.5 Å². The molecule has 0 heterocycles. The van der Waals surface area contributed by atoms with Crippen molar-refractivity contribution >= 4 is 27.5 Å². The lowest BCUT2D eigenvalue weighted by molar-refractivity contribution is -0.140. The first kappa shape index (κ1) is 33.2. The highest BCUT2D eigenvalue weighted by Gasteiger charge is 2.35. The fraction of sp³-hybridized carbons (Fsp3) is 0.257. The van der Waals surface area contributed by atoms with Gasteiger partial charge in [0.1, 0.15) is 24.2 Å². The summed E-state index contributed by atoms with van der Waals surface area (Å²) in [7, 11) is -2.84. The predicted octanol–water partition coefficient (Wildman–Crippen LogP) is 5.58. The van der Waals surface area contributed by atoms with Crippen LogP contribution in [-0.4, -0.2) is 50.9 Å². The van der Waals surface area contributed by atoms with Gasteiger partial charge in [-0.15, -0.1) is 0 Å². The summed E-state index contributed by atoms with van der Waals surface area (Å²) in [4.78, 5) is 29.6. The van der Waals surface area contributed by atoms with E-state index in [2.05, 4.69) is 5.32 Å². The van der Waals surface area contributed by atoms with E-state index in [4.69, 9.17) is 4.74 Å². The molecule has 0 aliphatic heterocycles. The molecule has 0 fully saturated rings. The Morgan fingerprint density at radius 3 is 1.98 bits per heavy atom. The van der Waals surface area contributed by atoms with Crippen LogP contribution in [0.25, 0.3) is 0 Å². The van der Waals surface area contributed by atoms with E-state index in [1.54, 1.807) is 0 Å². The van der Waals surface area contributed by atoms with Crippen molar-refractivity contribution in [1.29, 1.82) is 0 Å². The van der Waals surface area contributed by atoms with Crippen molar-refractivity contribution in [1.82, 2.24) is 10.2 Å². The second-order valence-electron chi connectivity index (χ2n) is 10.7. The summed E-state index contributed by atoms with van der Waals surface area (Å²) in [5.41, 5.74) is 1.71. The molecule has 0 aromatic heterocycles. The van der Waals surface area contributed by atoms with Gasteiger partial charge in [0.2, 0.25) is 11.8 Å². The molecule has 2 atom stereocenters. The minimum atomic E-state index is -4.31. The van der Waals surface area contributed by atoms with Crippen LogP contribution in [0.15, 0.2) is 114 Å². The monoisotopic (exact) mass is 631 g/mol. The van der Waals surface area contributed by atoms with Crippen LogP contribution in [-0.2, 0) is 32.6 Å². The van der Waals surface area contributed by atoms with Crippen LogP contribution in [0.5, 0.6) is 5.75 Å². The molecular weight excluding hydrogens is 593 g/mol. The average molecular weight is 632 g/mol. The Balaban J connectivity index is 1.79. The van der Waals surface area contributed by atoms with E-state index in [0.29, 0.717) is 12.2 Å². The Hall–Kier alpha value is -4.70. The maximum Gasteiger partial charge on any atom is 0.264 e. The number of hydrogen-bond acceptors (Lipinski definition) is 5. The van der Waals surface area contributed by atoms with Gasteiger partial charge in [-0.1, -0.05) is 67.6 Å². The number of nitrogens with zero attached hydrogens (tertiary/aromatic N) is 2. The van der Waals surface area contributed by atoms with Gasteiger partial charge in [0.05, 0.1) is 17.7 Å². The number of carbonyl (C=O) groups excluding carboxylic acids is 2. The first-order valence-electron chi connectivity index (χ1n) is 14.7. The Bertz CT molecular complexity index is 1650. The van der Waals surface area contributed by atoms with Gasteiger partial charge in [-0.2, -0.15) is 0 Å². The van der Waals surface area contributed by atoms with Crippen LogP contribution < -0.4 is 14.4 Å². The van der Waals surface area contributed by atoms with Crippen LogP contribution in [0.2, 0.25) is 0 Å². The number of hydrogen-bond donors (Lipinski definition) is 1. The maximum absolute atomic E-state index is 14.4. The number of halogens is 1. The Morgan fingerprint density at radius 1 is 0.844 bits per heavy atom. The first-order valence-corrected chi connectivity index (χ1v) is 16.2. The van der Waals surface area contributed by atoms with Gasteiger partial charge in [0, 0.05) is 19.0 Å². The lowest BCUT2D eigenvalue weighted by Crippen LogP contribution is -2.54. The second kappa shape index (κ2) is 15.3. The van der Waals surface area contributed by atoms with E-state index in [1.165, 1.54) is 48.4 Å². The largest absolute Gasteiger partial charge is 0.497 e. The van der Waals surface area contributed by atoms with Gasteiger partial charge >= 0.3 is 0 Å². The summed E-state index contributed by atoms with van der Waals surface area (Å²) in [6, 6.07) is 28.1. The number of sulfonamides is 1. The number of rotatable bonds is 14. The molecule has 0 radical (unpaired) electrons. The lowest BCUT2D eigenvalue weighted by atomic mass is 10.0. The quantitative estimate of drug-likeness (QED) is 0.196. The molecule has 4 rings (SSSR count). The van der Waals surface area contributed by atoms with E-state index < -0.39 is 34.3 Å². The van der Waals surface area contributed by atoms with Crippen LogP contribution >= 0.6 is 0 Å². The zero-order chi connectivity index (χ0) is 32.4. The Morgan fingerprint density at radius 2 is 1.42 bits per heavy atom. The summed E-state index contributed by atoms with van der Waals surface area (Å²) in [5, 5.41) is 3.01. The standard InChI is InChI=1S/C35H38FN3O5S/c1-4-26(2)37-35(41)33(23-27-11-7-5-8-12-27)38(24-28-13-9-6-10-14-28)34(40)25-39(30-17-15-29(36)16-18-30)45(42,43)32-21-19-31(44-3)20-22-32/h5-22,26,33H,4,23-25H2,1-3H3,(H,37,41)/t26-,33+/m0/s1. The van der Waals surface area contributed by atoms with Gasteiger partial charge in [0.15, 0.2) is 0 Å². The van der Waals surface area contributed by atoms with Crippen molar-refractivity contribution in [3.63, 3.8) is 0 Å². The average Bonchev–Trinajstić information content (AvgIpc) is 3.06. The smallest absolute Gasteiger partial charge is 0.264 e. The molecule has 0 unspecified atom stereocenters. The van der Waals surface area contributed by atoms with Gasteiger partial charge < -0.3 is 15.0 Å². The van der Waals surface area contributed by atoms with Gasteiger partial charge in [-0.3, -0.25) is 13.9 Å². The fourth-order valence-corrected chi connectivity index (χ4v) is 6.20. The zero-order valence-electron chi connectivity index (χ0n) is 25.6. The number of methoxy groups -OCH3 is 1. The summed E-state index contributed by atoms with van der Waals surface area (Å²) < 4.78 is 48.2. The summed E-state index contributed by atoms with van der Waals surface area (Å²) >= 11 is 0. The Labute approximate surface area is 264 Å². The van der Waals surface area contributed by atoms with E-state index in [9.17, 15) is 22.4 Å². The van der Waals surface area contributed by atoms with Crippen molar-refractivity contribution in [2.75, 3.05) is 18.0 Å². The highest BCUT2D eigenvalue weighted by Crippen LogP contribution is 2.26. The van der Waals surface area contributed by atoms with Crippen molar-refractivity contribution in [2.45, 2.75) is 50.2 Å². The molecule has 0 aliphatic rings. The number of amides is 2. The molecule has 0 spiro atoms. The zero-order valence-corrected chi connectivity index (χ0v) is 26.4. The lowest BCUT2D eigenvalue weighted by Gasteiger charge is -2.34. The van der Waals surface area contributed by atoms with E-state index >= 15 is 0 Å². The molecule has 0 bridgehead atoms. The molecule has 0 saturated carbocycles. The second-order valence-corrected chi connectivity index (χ2v) is 12.6. The van der Waals surface area contributed by atoms with Crippen LogP contribution in [0, 0.1) is 5.82 Å². The number of ether oxygens (including phenoxy) is 1. The first-order chi connectivity index (χ1) is 21.6. The van der Waals surface area contributed by atoms with Gasteiger partial charge in [-0.05, 0) is 73.0 Å². The molecule has 2 amide bonds. The highest BCUT2D eigenvalue weighted by molar-refractivity contribution is 7.92. The topological polar surface area (TPSA) is 96.0 Å². The number of anilines is 1. The number of carbonyl (C=O) groups is 2. The summed E-state index contributed by atoms with van der Waals surface area (Å²) in [6.45, 7) is 3.27.